The minimum absolute atomic E-state index is 0.275. The second kappa shape index (κ2) is 3.99. The maximum atomic E-state index is 5.54. The van der Waals surface area contributed by atoms with E-state index in [1.165, 1.54) is 0 Å². The molecule has 3 heterocycles. The van der Waals surface area contributed by atoms with E-state index in [0.717, 1.165) is 35.7 Å². The molecule has 0 N–H and O–H groups in total. The van der Waals surface area contributed by atoms with Crippen LogP contribution in [0.15, 0.2) is 17.8 Å². The van der Waals surface area contributed by atoms with Crippen molar-refractivity contribution in [2.45, 2.75) is 13.0 Å². The lowest BCUT2D eigenvalue weighted by atomic mass is 10.2. The first-order valence-corrected chi connectivity index (χ1v) is 6.27. The van der Waals surface area contributed by atoms with Crippen LogP contribution < -0.4 is 4.90 Å². The van der Waals surface area contributed by atoms with Gasteiger partial charge in [-0.15, -0.1) is 11.3 Å². The zero-order chi connectivity index (χ0) is 11.0. The van der Waals surface area contributed by atoms with Gasteiger partial charge in [0.2, 0.25) is 0 Å². The summed E-state index contributed by atoms with van der Waals surface area (Å²) in [6, 6.07) is 2.09. The van der Waals surface area contributed by atoms with Crippen LogP contribution in [0.25, 0.3) is 10.2 Å². The molecule has 0 aliphatic carbocycles. The van der Waals surface area contributed by atoms with Gasteiger partial charge in [0.25, 0.3) is 0 Å². The number of ether oxygens (including phenoxy) is 1. The molecule has 5 heteroatoms. The van der Waals surface area contributed by atoms with Gasteiger partial charge >= 0.3 is 0 Å². The molecule has 0 amide bonds. The van der Waals surface area contributed by atoms with Crippen molar-refractivity contribution in [3.63, 3.8) is 0 Å². The predicted molar refractivity (Wildman–Crippen MR) is 65.0 cm³/mol. The number of fused-ring (bicyclic) bond motifs is 1. The van der Waals surface area contributed by atoms with E-state index in [9.17, 15) is 0 Å². The minimum atomic E-state index is 0.275. The van der Waals surface area contributed by atoms with Crippen LogP contribution in [0.1, 0.15) is 6.92 Å². The Morgan fingerprint density at radius 2 is 2.44 bits per heavy atom. The largest absolute Gasteiger partial charge is 0.375 e. The lowest BCUT2D eigenvalue weighted by molar-refractivity contribution is 0.0530. The number of thiophene rings is 1. The van der Waals surface area contributed by atoms with Crippen LogP contribution >= 0.6 is 11.3 Å². The van der Waals surface area contributed by atoms with Crippen molar-refractivity contribution in [1.82, 2.24) is 9.97 Å². The smallest absolute Gasteiger partial charge is 0.140 e. The molecule has 16 heavy (non-hydrogen) atoms. The Morgan fingerprint density at radius 3 is 3.31 bits per heavy atom. The molecule has 1 atom stereocenters. The van der Waals surface area contributed by atoms with Crippen LogP contribution in [0.3, 0.4) is 0 Å². The van der Waals surface area contributed by atoms with Crippen molar-refractivity contribution in [3.05, 3.63) is 17.8 Å². The summed E-state index contributed by atoms with van der Waals surface area (Å²) in [5.74, 6) is 1.04. The highest BCUT2D eigenvalue weighted by Gasteiger charge is 2.20. The number of anilines is 1. The molecular formula is C11H13N3OS. The topological polar surface area (TPSA) is 38.2 Å². The maximum absolute atomic E-state index is 5.54. The third-order valence-corrected chi connectivity index (χ3v) is 3.60. The first-order valence-electron chi connectivity index (χ1n) is 5.39. The molecule has 3 rings (SSSR count). The van der Waals surface area contributed by atoms with Gasteiger partial charge < -0.3 is 9.64 Å². The highest BCUT2D eigenvalue weighted by atomic mass is 32.1. The van der Waals surface area contributed by atoms with Crippen molar-refractivity contribution in [2.75, 3.05) is 24.6 Å². The first kappa shape index (κ1) is 9.99. The highest BCUT2D eigenvalue weighted by molar-refractivity contribution is 7.16. The van der Waals surface area contributed by atoms with Gasteiger partial charge in [0.05, 0.1) is 18.1 Å². The second-order valence-corrected chi connectivity index (χ2v) is 4.86. The molecule has 1 unspecified atom stereocenters. The Kier molecular flexibility index (Phi) is 2.49. The van der Waals surface area contributed by atoms with Crippen molar-refractivity contribution in [1.29, 1.82) is 0 Å². The predicted octanol–water partition coefficient (Wildman–Crippen LogP) is 1.92. The van der Waals surface area contributed by atoms with Gasteiger partial charge in [-0.2, -0.15) is 0 Å². The van der Waals surface area contributed by atoms with E-state index in [2.05, 4.69) is 33.2 Å². The summed E-state index contributed by atoms with van der Waals surface area (Å²) in [5.41, 5.74) is 0. The Morgan fingerprint density at radius 1 is 1.50 bits per heavy atom. The van der Waals surface area contributed by atoms with E-state index in [1.54, 1.807) is 17.7 Å². The van der Waals surface area contributed by atoms with Gasteiger partial charge in [0.15, 0.2) is 0 Å². The summed E-state index contributed by atoms with van der Waals surface area (Å²) in [6.45, 7) is 4.68. The third kappa shape index (κ3) is 1.66. The Bertz CT molecular complexity index is 499. The second-order valence-electron chi connectivity index (χ2n) is 3.96. The number of hydrogen-bond donors (Lipinski definition) is 0. The van der Waals surface area contributed by atoms with E-state index in [0.29, 0.717) is 0 Å². The molecule has 2 aromatic heterocycles. The Balaban J connectivity index is 2.01. The molecule has 0 aromatic carbocycles. The molecule has 0 spiro atoms. The Hall–Kier alpha value is -1.20. The van der Waals surface area contributed by atoms with Gasteiger partial charge in [0, 0.05) is 13.1 Å². The zero-order valence-electron chi connectivity index (χ0n) is 9.09. The number of aromatic nitrogens is 2. The van der Waals surface area contributed by atoms with Crippen molar-refractivity contribution in [3.8, 4) is 0 Å². The van der Waals surface area contributed by atoms with Gasteiger partial charge in [0.1, 0.15) is 17.0 Å². The molecule has 1 fully saturated rings. The summed E-state index contributed by atoms with van der Waals surface area (Å²) in [5, 5.41) is 3.22. The fourth-order valence-electron chi connectivity index (χ4n) is 2.04. The molecule has 1 aliphatic heterocycles. The molecule has 84 valence electrons. The lowest BCUT2D eigenvalue weighted by Gasteiger charge is -2.32. The van der Waals surface area contributed by atoms with Gasteiger partial charge in [-0.05, 0) is 18.4 Å². The van der Waals surface area contributed by atoms with Crippen LogP contribution in [0.4, 0.5) is 5.82 Å². The number of rotatable bonds is 1. The van der Waals surface area contributed by atoms with Crippen LogP contribution in [0.2, 0.25) is 0 Å². The maximum Gasteiger partial charge on any atom is 0.140 e. The quantitative estimate of drug-likeness (QED) is 0.757. The number of morpholine rings is 1. The normalized spacial score (nSPS) is 21.6. The number of hydrogen-bond acceptors (Lipinski definition) is 5. The average Bonchev–Trinajstić information content (AvgIpc) is 2.76. The number of nitrogens with zero attached hydrogens (tertiary/aromatic N) is 3. The van der Waals surface area contributed by atoms with E-state index >= 15 is 0 Å². The molecule has 0 saturated carbocycles. The monoisotopic (exact) mass is 235 g/mol. The molecule has 2 aromatic rings. The van der Waals surface area contributed by atoms with Crippen LogP contribution in [-0.4, -0.2) is 35.8 Å². The van der Waals surface area contributed by atoms with Crippen molar-refractivity contribution in [2.24, 2.45) is 0 Å². The molecule has 0 radical (unpaired) electrons. The standard InChI is InChI=1S/C11H13N3OS/c1-8-6-14(3-4-15-8)10-9-2-5-16-11(9)13-7-12-10/h2,5,7-8H,3-4,6H2,1H3. The summed E-state index contributed by atoms with van der Waals surface area (Å²) in [7, 11) is 0. The average molecular weight is 235 g/mol. The van der Waals surface area contributed by atoms with Gasteiger partial charge in [-0.1, -0.05) is 0 Å². The summed E-state index contributed by atoms with van der Waals surface area (Å²) < 4.78 is 5.54. The van der Waals surface area contributed by atoms with E-state index in [1.807, 2.05) is 0 Å². The van der Waals surface area contributed by atoms with Crippen LogP contribution in [0.5, 0.6) is 0 Å². The summed E-state index contributed by atoms with van der Waals surface area (Å²) in [4.78, 5) is 12.0. The molecule has 1 saturated heterocycles. The third-order valence-electron chi connectivity index (χ3n) is 2.78. The zero-order valence-corrected chi connectivity index (χ0v) is 9.91. The molecule has 1 aliphatic rings. The van der Waals surface area contributed by atoms with Gasteiger partial charge in [-0.3, -0.25) is 0 Å². The van der Waals surface area contributed by atoms with Crippen molar-refractivity contribution < 1.29 is 4.74 Å². The van der Waals surface area contributed by atoms with Gasteiger partial charge in [-0.25, -0.2) is 9.97 Å². The van der Waals surface area contributed by atoms with E-state index in [4.69, 9.17) is 4.74 Å². The molecule has 0 bridgehead atoms. The fraction of sp³-hybridized carbons (Fsp3) is 0.455. The highest BCUT2D eigenvalue weighted by Crippen LogP contribution is 2.27. The fourth-order valence-corrected chi connectivity index (χ4v) is 2.77. The molecular weight excluding hydrogens is 222 g/mol. The minimum Gasteiger partial charge on any atom is -0.375 e. The summed E-state index contributed by atoms with van der Waals surface area (Å²) in [6.07, 6.45) is 1.92. The summed E-state index contributed by atoms with van der Waals surface area (Å²) >= 11 is 1.66. The van der Waals surface area contributed by atoms with E-state index in [-0.39, 0.29) is 6.10 Å². The molecule has 4 nitrogen and oxygen atoms in total. The van der Waals surface area contributed by atoms with Crippen molar-refractivity contribution >= 4 is 27.4 Å². The van der Waals surface area contributed by atoms with Crippen LogP contribution in [-0.2, 0) is 4.74 Å². The Labute approximate surface area is 97.9 Å². The van der Waals surface area contributed by atoms with Crippen LogP contribution in [0, 0.1) is 0 Å². The lowest BCUT2D eigenvalue weighted by Crippen LogP contribution is -2.41. The first-order chi connectivity index (χ1) is 7.84. The van der Waals surface area contributed by atoms with E-state index < -0.39 is 0 Å². The SMILES string of the molecule is CC1CN(c2ncnc3sccc23)CCO1.